The maximum atomic E-state index is 13.3. The summed E-state index contributed by atoms with van der Waals surface area (Å²) in [6, 6.07) is 21.1. The molecule has 51 heavy (non-hydrogen) atoms. The fourth-order valence-electron chi connectivity index (χ4n) is 6.07. The van der Waals surface area contributed by atoms with Crippen LogP contribution in [-0.2, 0) is 22.4 Å². The van der Waals surface area contributed by atoms with Crippen LogP contribution in [0.2, 0.25) is 0 Å². The van der Waals surface area contributed by atoms with E-state index in [2.05, 4.69) is 20.6 Å². The third-order valence-electron chi connectivity index (χ3n) is 9.12. The number of carbonyl (C=O) groups excluding carboxylic acids is 4. The topological polar surface area (TPSA) is 125 Å². The van der Waals surface area contributed by atoms with Crippen LogP contribution < -0.4 is 10.6 Å². The first kappa shape index (κ1) is 36.6. The minimum atomic E-state index is -0.683. The molecule has 3 heterocycles. The van der Waals surface area contributed by atoms with Crippen molar-refractivity contribution in [2.45, 2.75) is 71.9 Å². The van der Waals surface area contributed by atoms with Gasteiger partial charge in [0.15, 0.2) is 0 Å². The number of aryl methyl sites for hydroxylation is 2. The van der Waals surface area contributed by atoms with E-state index < -0.39 is 12.1 Å². The second kappa shape index (κ2) is 17.3. The Morgan fingerprint density at radius 2 is 1.35 bits per heavy atom. The molecule has 5 rings (SSSR count). The van der Waals surface area contributed by atoms with Crippen molar-refractivity contribution in [3.63, 3.8) is 0 Å². The highest BCUT2D eigenvalue weighted by atomic mass is 16.2. The summed E-state index contributed by atoms with van der Waals surface area (Å²) in [5.74, 6) is -0.957. The van der Waals surface area contributed by atoms with Gasteiger partial charge in [-0.05, 0) is 110 Å². The SMILES string of the molecule is CCCN(C(=O)c1cc(CC)ccn1)[C@@H](C)C(=O)Nc1ccc(/C=C/c2ccc(NC(=O)[C@@H]3CCCN3C(=O)c3cc(CC)ccn3)cc2)cc1. The van der Waals surface area contributed by atoms with E-state index in [1.54, 1.807) is 41.2 Å². The summed E-state index contributed by atoms with van der Waals surface area (Å²) in [6.07, 6.45) is 10.9. The summed E-state index contributed by atoms with van der Waals surface area (Å²) in [4.78, 5) is 64.6. The van der Waals surface area contributed by atoms with Crippen LogP contribution in [0, 0.1) is 0 Å². The molecule has 4 amide bonds. The second-order valence-corrected chi connectivity index (χ2v) is 12.7. The first-order valence-corrected chi connectivity index (χ1v) is 17.7. The number of anilines is 2. The molecule has 2 N–H and O–H groups in total. The molecule has 0 saturated carbocycles. The first-order valence-electron chi connectivity index (χ1n) is 17.7. The first-order chi connectivity index (χ1) is 24.7. The number of carbonyl (C=O) groups is 4. The van der Waals surface area contributed by atoms with Crippen LogP contribution in [-0.4, -0.2) is 68.6 Å². The average molecular weight is 687 g/mol. The van der Waals surface area contributed by atoms with Gasteiger partial charge in [-0.3, -0.25) is 29.1 Å². The highest BCUT2D eigenvalue weighted by molar-refractivity contribution is 6.01. The van der Waals surface area contributed by atoms with E-state index in [1.807, 2.05) is 93.6 Å². The number of aromatic nitrogens is 2. The van der Waals surface area contributed by atoms with Gasteiger partial charge in [0.1, 0.15) is 23.5 Å². The molecule has 2 aromatic carbocycles. The number of nitrogens with one attached hydrogen (secondary N) is 2. The van der Waals surface area contributed by atoms with Crippen LogP contribution in [0.15, 0.2) is 85.2 Å². The number of amides is 4. The minimum Gasteiger partial charge on any atom is -0.326 e. The smallest absolute Gasteiger partial charge is 0.273 e. The molecule has 1 saturated heterocycles. The average Bonchev–Trinajstić information content (AvgIpc) is 3.67. The highest BCUT2D eigenvalue weighted by Crippen LogP contribution is 2.23. The van der Waals surface area contributed by atoms with Gasteiger partial charge in [-0.15, -0.1) is 0 Å². The summed E-state index contributed by atoms with van der Waals surface area (Å²) in [7, 11) is 0. The van der Waals surface area contributed by atoms with Crippen LogP contribution >= 0.6 is 0 Å². The Morgan fingerprint density at radius 1 is 0.804 bits per heavy atom. The summed E-state index contributed by atoms with van der Waals surface area (Å²) in [5, 5.41) is 5.91. The van der Waals surface area contributed by atoms with Gasteiger partial charge in [0.25, 0.3) is 11.8 Å². The van der Waals surface area contributed by atoms with Gasteiger partial charge >= 0.3 is 0 Å². The van der Waals surface area contributed by atoms with E-state index in [-0.39, 0.29) is 23.6 Å². The predicted molar refractivity (Wildman–Crippen MR) is 201 cm³/mol. The zero-order chi connectivity index (χ0) is 36.3. The molecule has 0 radical (unpaired) electrons. The lowest BCUT2D eigenvalue weighted by atomic mass is 10.1. The predicted octanol–water partition coefficient (Wildman–Crippen LogP) is 6.89. The van der Waals surface area contributed by atoms with E-state index >= 15 is 0 Å². The molecule has 2 aromatic heterocycles. The molecule has 4 aromatic rings. The van der Waals surface area contributed by atoms with Gasteiger partial charge in [0, 0.05) is 36.9 Å². The third kappa shape index (κ3) is 9.33. The maximum Gasteiger partial charge on any atom is 0.273 e. The number of hydrogen-bond donors (Lipinski definition) is 2. The van der Waals surface area contributed by atoms with Crippen molar-refractivity contribution < 1.29 is 19.2 Å². The zero-order valence-electron chi connectivity index (χ0n) is 29.8. The quantitative estimate of drug-likeness (QED) is 0.148. The van der Waals surface area contributed by atoms with E-state index in [9.17, 15) is 19.2 Å². The normalized spacial score (nSPS) is 14.7. The Morgan fingerprint density at radius 3 is 1.92 bits per heavy atom. The molecule has 0 bridgehead atoms. The zero-order valence-corrected chi connectivity index (χ0v) is 29.8. The van der Waals surface area contributed by atoms with Crippen molar-refractivity contribution in [3.05, 3.63) is 119 Å². The highest BCUT2D eigenvalue weighted by Gasteiger charge is 2.35. The van der Waals surface area contributed by atoms with Gasteiger partial charge < -0.3 is 20.4 Å². The van der Waals surface area contributed by atoms with Gasteiger partial charge in [-0.2, -0.15) is 0 Å². The summed E-state index contributed by atoms with van der Waals surface area (Å²) < 4.78 is 0. The summed E-state index contributed by atoms with van der Waals surface area (Å²) in [6.45, 7) is 8.72. The van der Waals surface area contributed by atoms with E-state index in [1.165, 1.54) is 0 Å². The maximum absolute atomic E-state index is 13.3. The molecule has 264 valence electrons. The molecule has 2 atom stereocenters. The Kier molecular flexibility index (Phi) is 12.5. The second-order valence-electron chi connectivity index (χ2n) is 12.7. The minimum absolute atomic E-state index is 0.208. The number of nitrogens with zero attached hydrogens (tertiary/aromatic N) is 4. The van der Waals surface area contributed by atoms with E-state index in [0.717, 1.165) is 41.5 Å². The van der Waals surface area contributed by atoms with Crippen molar-refractivity contribution in [2.24, 2.45) is 0 Å². The summed E-state index contributed by atoms with van der Waals surface area (Å²) >= 11 is 0. The van der Waals surface area contributed by atoms with Crippen molar-refractivity contribution in [1.82, 2.24) is 19.8 Å². The third-order valence-corrected chi connectivity index (χ3v) is 9.12. The Hall–Kier alpha value is -5.64. The summed E-state index contributed by atoms with van der Waals surface area (Å²) in [5.41, 5.74) is 5.93. The van der Waals surface area contributed by atoms with Crippen molar-refractivity contribution in [1.29, 1.82) is 0 Å². The molecule has 0 unspecified atom stereocenters. The lowest BCUT2D eigenvalue weighted by molar-refractivity contribution is -0.120. The molecule has 0 spiro atoms. The van der Waals surface area contributed by atoms with Crippen molar-refractivity contribution in [3.8, 4) is 0 Å². The Bertz CT molecular complexity index is 1870. The molecular weight excluding hydrogens is 640 g/mol. The van der Waals surface area contributed by atoms with Crippen LogP contribution in [0.1, 0.15) is 90.2 Å². The van der Waals surface area contributed by atoms with Crippen LogP contribution in [0.5, 0.6) is 0 Å². The number of benzene rings is 2. The standard InChI is InChI=1S/C41H46N6O4/c1-5-24-46(40(50)35-26-29(6-2)20-22-42-35)28(4)38(48)44-33-16-12-31(13-17-33)10-11-32-14-18-34(19-15-32)45-39(49)37-9-8-25-47(37)41(51)36-27-30(7-3)21-23-43-36/h10-23,26-28,37H,5-9,24-25H2,1-4H3,(H,44,48)(H,45,49)/b11-10+/t28-,37-/m0/s1. The molecule has 0 aliphatic carbocycles. The van der Waals surface area contributed by atoms with E-state index in [0.29, 0.717) is 48.7 Å². The van der Waals surface area contributed by atoms with Crippen molar-refractivity contribution in [2.75, 3.05) is 23.7 Å². The van der Waals surface area contributed by atoms with Gasteiger partial charge in [-0.25, -0.2) is 0 Å². The monoisotopic (exact) mass is 686 g/mol. The lowest BCUT2D eigenvalue weighted by Crippen LogP contribution is -2.46. The molecule has 1 aliphatic rings. The molecular formula is C41H46N6O4. The van der Waals surface area contributed by atoms with Gasteiger partial charge in [-0.1, -0.05) is 57.2 Å². The molecule has 10 nitrogen and oxygen atoms in total. The molecule has 1 aliphatic heterocycles. The number of hydrogen-bond acceptors (Lipinski definition) is 6. The van der Waals surface area contributed by atoms with Gasteiger partial charge in [0.2, 0.25) is 11.8 Å². The van der Waals surface area contributed by atoms with E-state index in [4.69, 9.17) is 0 Å². The van der Waals surface area contributed by atoms with Crippen LogP contribution in [0.4, 0.5) is 11.4 Å². The Balaban J connectivity index is 1.14. The van der Waals surface area contributed by atoms with Gasteiger partial charge in [0.05, 0.1) is 0 Å². The van der Waals surface area contributed by atoms with Crippen LogP contribution in [0.3, 0.4) is 0 Å². The molecule has 1 fully saturated rings. The number of rotatable bonds is 13. The Labute approximate surface area is 300 Å². The lowest BCUT2D eigenvalue weighted by Gasteiger charge is -2.28. The van der Waals surface area contributed by atoms with Crippen molar-refractivity contribution >= 4 is 47.2 Å². The fourth-order valence-corrected chi connectivity index (χ4v) is 6.07. The largest absolute Gasteiger partial charge is 0.326 e. The molecule has 10 heteroatoms. The van der Waals surface area contributed by atoms with Crippen LogP contribution in [0.25, 0.3) is 12.2 Å². The number of likely N-dealkylation sites (tertiary alicyclic amines) is 1. The number of pyridine rings is 2. The fraction of sp³-hybridized carbons (Fsp3) is 0.317.